The Labute approximate surface area is 88.2 Å². The van der Waals surface area contributed by atoms with Crippen LogP contribution in [0, 0.1) is 6.92 Å². The van der Waals surface area contributed by atoms with Crippen molar-refractivity contribution in [2.45, 2.75) is 6.92 Å². The van der Waals surface area contributed by atoms with Crippen molar-refractivity contribution in [2.75, 3.05) is 19.5 Å². The van der Waals surface area contributed by atoms with Gasteiger partial charge in [0.05, 0.1) is 7.11 Å². The fraction of sp³-hybridized carbons (Fsp3) is 0.300. The molecule has 82 valence electrons. The summed E-state index contributed by atoms with van der Waals surface area (Å²) < 4.78 is 0. The van der Waals surface area contributed by atoms with Crippen LogP contribution < -0.4 is 5.32 Å². The molecule has 0 aliphatic rings. The van der Waals surface area contributed by atoms with Crippen molar-refractivity contribution in [1.29, 1.82) is 0 Å². The van der Waals surface area contributed by atoms with E-state index in [0.29, 0.717) is 11.3 Å². The normalized spacial score (nSPS) is 9.80. The van der Waals surface area contributed by atoms with Crippen LogP contribution in [0.1, 0.15) is 5.56 Å². The highest BCUT2D eigenvalue weighted by Crippen LogP contribution is 2.20. The maximum Gasteiger partial charge on any atom is 0.345 e. The molecule has 2 amide bonds. The maximum absolute atomic E-state index is 11.4. The van der Waals surface area contributed by atoms with Crippen LogP contribution in [0.4, 0.5) is 10.5 Å². The molecule has 2 N–H and O–H groups in total. The third-order valence-corrected chi connectivity index (χ3v) is 2.01. The first-order valence-electron chi connectivity index (χ1n) is 4.43. The van der Waals surface area contributed by atoms with Crippen molar-refractivity contribution in [3.05, 3.63) is 23.8 Å². The monoisotopic (exact) mass is 210 g/mol. The van der Waals surface area contributed by atoms with Crippen LogP contribution in [0.25, 0.3) is 0 Å². The summed E-state index contributed by atoms with van der Waals surface area (Å²) in [4.78, 5) is 16.1. The van der Waals surface area contributed by atoms with E-state index in [1.807, 2.05) is 0 Å². The van der Waals surface area contributed by atoms with Crippen LogP contribution >= 0.6 is 0 Å². The van der Waals surface area contributed by atoms with Gasteiger partial charge in [-0.25, -0.2) is 9.86 Å². The number of nitrogens with one attached hydrogen (secondary N) is 1. The minimum Gasteiger partial charge on any atom is -0.508 e. The van der Waals surface area contributed by atoms with Crippen molar-refractivity contribution in [3.63, 3.8) is 0 Å². The second-order valence-corrected chi connectivity index (χ2v) is 3.11. The number of phenols is 1. The number of urea groups is 1. The highest BCUT2D eigenvalue weighted by Gasteiger charge is 2.07. The van der Waals surface area contributed by atoms with Crippen LogP contribution in [0.15, 0.2) is 18.2 Å². The van der Waals surface area contributed by atoms with E-state index >= 15 is 0 Å². The van der Waals surface area contributed by atoms with Gasteiger partial charge in [-0.3, -0.25) is 4.84 Å². The zero-order valence-electron chi connectivity index (χ0n) is 8.94. The van der Waals surface area contributed by atoms with E-state index in [0.717, 1.165) is 5.06 Å². The van der Waals surface area contributed by atoms with Gasteiger partial charge in [0.2, 0.25) is 0 Å². The third-order valence-electron chi connectivity index (χ3n) is 2.01. The minimum atomic E-state index is -0.373. The lowest BCUT2D eigenvalue weighted by Gasteiger charge is -2.14. The number of aryl methyl sites for hydroxylation is 1. The fourth-order valence-corrected chi connectivity index (χ4v) is 1.02. The first-order chi connectivity index (χ1) is 7.04. The average molecular weight is 210 g/mol. The van der Waals surface area contributed by atoms with Gasteiger partial charge in [-0.05, 0) is 30.7 Å². The lowest BCUT2D eigenvalue weighted by atomic mass is 10.2. The Morgan fingerprint density at radius 3 is 2.73 bits per heavy atom. The second kappa shape index (κ2) is 4.65. The van der Waals surface area contributed by atoms with Gasteiger partial charge >= 0.3 is 6.03 Å². The number of carbonyl (C=O) groups excluding carboxylic acids is 1. The van der Waals surface area contributed by atoms with Crippen LogP contribution in [0.5, 0.6) is 5.75 Å². The molecule has 0 aromatic heterocycles. The fourth-order valence-electron chi connectivity index (χ4n) is 1.02. The molecule has 0 aliphatic carbocycles. The number of hydroxylamine groups is 2. The largest absolute Gasteiger partial charge is 0.508 e. The number of carbonyl (C=O) groups is 1. The molecule has 0 fully saturated rings. The molecule has 0 spiro atoms. The van der Waals surface area contributed by atoms with Crippen molar-refractivity contribution < 1.29 is 14.7 Å². The van der Waals surface area contributed by atoms with Crippen LogP contribution in [0.2, 0.25) is 0 Å². The molecular weight excluding hydrogens is 196 g/mol. The SMILES string of the molecule is CON(C)C(=O)Nc1ccc(O)c(C)c1. The Balaban J connectivity index is 2.73. The molecule has 0 heterocycles. The second-order valence-electron chi connectivity index (χ2n) is 3.11. The predicted octanol–water partition coefficient (Wildman–Crippen LogP) is 1.73. The van der Waals surface area contributed by atoms with E-state index < -0.39 is 0 Å². The summed E-state index contributed by atoms with van der Waals surface area (Å²) >= 11 is 0. The van der Waals surface area contributed by atoms with E-state index in [1.54, 1.807) is 19.1 Å². The summed E-state index contributed by atoms with van der Waals surface area (Å²) in [5.74, 6) is 0.202. The van der Waals surface area contributed by atoms with Gasteiger partial charge in [-0.2, -0.15) is 0 Å². The summed E-state index contributed by atoms with van der Waals surface area (Å²) in [5, 5.41) is 13.0. The number of benzene rings is 1. The molecule has 1 aromatic rings. The summed E-state index contributed by atoms with van der Waals surface area (Å²) in [6, 6.07) is 4.45. The highest BCUT2D eigenvalue weighted by molar-refractivity contribution is 5.88. The number of aromatic hydroxyl groups is 1. The minimum absolute atomic E-state index is 0.202. The standard InChI is InChI=1S/C10H14N2O3/c1-7-6-8(4-5-9(7)13)11-10(14)12(2)15-3/h4-6,13H,1-3H3,(H,11,14). The molecule has 5 nitrogen and oxygen atoms in total. The number of rotatable bonds is 2. The Morgan fingerprint density at radius 1 is 1.53 bits per heavy atom. The molecule has 0 saturated carbocycles. The lowest BCUT2D eigenvalue weighted by molar-refractivity contribution is -0.0598. The molecule has 0 radical (unpaired) electrons. The van der Waals surface area contributed by atoms with E-state index in [-0.39, 0.29) is 11.8 Å². The van der Waals surface area contributed by atoms with Crippen molar-refractivity contribution in [2.24, 2.45) is 0 Å². The van der Waals surface area contributed by atoms with E-state index in [2.05, 4.69) is 5.32 Å². The topological polar surface area (TPSA) is 61.8 Å². The summed E-state index contributed by atoms with van der Waals surface area (Å²) in [6.07, 6.45) is 0. The van der Waals surface area contributed by atoms with Crippen molar-refractivity contribution in [1.82, 2.24) is 5.06 Å². The number of phenolic OH excluding ortho intramolecular Hbond substituents is 1. The number of anilines is 1. The lowest BCUT2D eigenvalue weighted by Crippen LogP contribution is -2.30. The summed E-state index contributed by atoms with van der Waals surface area (Å²) in [7, 11) is 2.91. The van der Waals surface area contributed by atoms with Crippen LogP contribution in [0.3, 0.4) is 0 Å². The van der Waals surface area contributed by atoms with Crippen molar-refractivity contribution in [3.8, 4) is 5.75 Å². The van der Waals surface area contributed by atoms with Gasteiger partial charge in [-0.1, -0.05) is 0 Å². The zero-order valence-corrected chi connectivity index (χ0v) is 8.94. The van der Waals surface area contributed by atoms with Crippen LogP contribution in [-0.2, 0) is 4.84 Å². The van der Waals surface area contributed by atoms with Crippen LogP contribution in [-0.4, -0.2) is 30.4 Å². The number of amides is 2. The highest BCUT2D eigenvalue weighted by atomic mass is 16.7. The Bertz CT molecular complexity index is 366. The van der Waals surface area contributed by atoms with E-state index in [1.165, 1.54) is 20.2 Å². The quantitative estimate of drug-likeness (QED) is 0.577. The van der Waals surface area contributed by atoms with Gasteiger partial charge in [0.25, 0.3) is 0 Å². The number of hydrogen-bond acceptors (Lipinski definition) is 3. The number of nitrogens with zero attached hydrogens (tertiary/aromatic N) is 1. The van der Waals surface area contributed by atoms with Gasteiger partial charge in [0, 0.05) is 12.7 Å². The molecule has 5 heteroatoms. The first-order valence-corrected chi connectivity index (χ1v) is 4.43. The van der Waals surface area contributed by atoms with E-state index in [4.69, 9.17) is 4.84 Å². The predicted molar refractivity (Wildman–Crippen MR) is 56.6 cm³/mol. The third kappa shape index (κ3) is 2.85. The summed E-state index contributed by atoms with van der Waals surface area (Å²) in [5.41, 5.74) is 1.31. The van der Waals surface area contributed by atoms with Gasteiger partial charge in [0.15, 0.2) is 0 Å². The smallest absolute Gasteiger partial charge is 0.345 e. The Morgan fingerprint density at radius 2 is 2.20 bits per heavy atom. The first kappa shape index (κ1) is 11.3. The Hall–Kier alpha value is -1.75. The van der Waals surface area contributed by atoms with E-state index in [9.17, 15) is 9.90 Å². The Kier molecular flexibility index (Phi) is 3.51. The molecule has 0 unspecified atom stereocenters. The number of hydrogen-bond donors (Lipinski definition) is 2. The molecule has 1 rings (SSSR count). The molecule has 0 atom stereocenters. The molecule has 15 heavy (non-hydrogen) atoms. The van der Waals surface area contributed by atoms with Gasteiger partial charge in [0.1, 0.15) is 5.75 Å². The van der Waals surface area contributed by atoms with Crippen molar-refractivity contribution >= 4 is 11.7 Å². The van der Waals surface area contributed by atoms with Gasteiger partial charge in [-0.15, -0.1) is 0 Å². The van der Waals surface area contributed by atoms with Gasteiger partial charge < -0.3 is 10.4 Å². The molecule has 1 aromatic carbocycles. The average Bonchev–Trinajstić information content (AvgIpc) is 2.22. The molecule has 0 saturated heterocycles. The maximum atomic E-state index is 11.4. The molecule has 0 aliphatic heterocycles. The molecular formula is C10H14N2O3. The molecule has 0 bridgehead atoms. The summed E-state index contributed by atoms with van der Waals surface area (Å²) in [6.45, 7) is 1.75. The zero-order chi connectivity index (χ0) is 11.4.